The number of para-hydroxylation sites is 5. The summed E-state index contributed by atoms with van der Waals surface area (Å²) >= 11 is 1.48. The van der Waals surface area contributed by atoms with Gasteiger partial charge in [0.15, 0.2) is 0 Å². The fourth-order valence-corrected chi connectivity index (χ4v) is 12.7. The molecule has 0 atom stereocenters. The Morgan fingerprint density at radius 1 is 0.434 bits per heavy atom. The van der Waals surface area contributed by atoms with Crippen molar-refractivity contribution in [2.24, 2.45) is 0 Å². The molecule has 11 aromatic carbocycles. The maximum Gasteiger partial charge on any atom is 0.534 e. The number of aromatic nitrogens is 2. The summed E-state index contributed by atoms with van der Waals surface area (Å²) in [5.74, 6) is -0.471. The van der Waals surface area contributed by atoms with Crippen LogP contribution in [0.3, 0.4) is 0 Å². The number of hydrogen-bond acceptors (Lipinski definition) is 5. The van der Waals surface area contributed by atoms with Crippen molar-refractivity contribution in [2.45, 2.75) is 5.51 Å². The highest BCUT2D eigenvalue weighted by atomic mass is 32.2. The molecule has 366 valence electrons. The largest absolute Gasteiger partial charge is 0.534 e. The van der Waals surface area contributed by atoms with Crippen LogP contribution in [0.4, 0.5) is 30.2 Å². The predicted octanol–water partition coefficient (Wildman–Crippen LogP) is 18.4. The van der Waals surface area contributed by atoms with Gasteiger partial charge in [0.25, 0.3) is 0 Å². The van der Waals surface area contributed by atoms with Crippen LogP contribution in [0.25, 0.3) is 108 Å². The van der Waals surface area contributed by atoms with Crippen LogP contribution in [0.15, 0.2) is 243 Å². The predicted molar refractivity (Wildman–Crippen MR) is 307 cm³/mol. The van der Waals surface area contributed by atoms with Gasteiger partial charge in [-0.05, 0) is 107 Å². The molecular weight excluding hydrogens is 992 g/mol. The molecule has 0 saturated heterocycles. The summed E-state index contributed by atoms with van der Waals surface area (Å²) in [5.41, 5.74) is 6.10. The normalized spacial score (nSPS) is 12.2. The third kappa shape index (κ3) is 7.33. The van der Waals surface area contributed by atoms with E-state index in [9.17, 15) is 21.6 Å². The molecule has 0 amide bonds. The third-order valence-electron chi connectivity index (χ3n) is 14.4. The van der Waals surface area contributed by atoms with Crippen molar-refractivity contribution in [3.05, 3.63) is 243 Å². The number of benzene rings is 11. The molecule has 14 rings (SSSR count). The Hall–Kier alpha value is -9.16. The Morgan fingerprint density at radius 2 is 1.03 bits per heavy atom. The van der Waals surface area contributed by atoms with Gasteiger partial charge in [0.2, 0.25) is 0 Å². The molecule has 0 fully saturated rings. The van der Waals surface area contributed by atoms with Crippen LogP contribution in [0.5, 0.6) is 5.75 Å². The van der Waals surface area contributed by atoms with E-state index in [2.05, 4.69) is 130 Å². The zero-order valence-corrected chi connectivity index (χ0v) is 41.7. The number of thiophene rings is 1. The maximum absolute atomic E-state index is 14.2. The molecule has 0 aliphatic carbocycles. The van der Waals surface area contributed by atoms with E-state index in [1.165, 1.54) is 23.5 Å². The molecule has 0 radical (unpaired) electrons. The Labute approximate surface area is 438 Å². The highest BCUT2D eigenvalue weighted by Gasteiger charge is 2.48. The van der Waals surface area contributed by atoms with Gasteiger partial charge in [-0.2, -0.15) is 21.6 Å². The molecule has 0 aliphatic rings. The number of hydrogen-bond donors (Lipinski definition) is 0. The van der Waals surface area contributed by atoms with E-state index < -0.39 is 21.4 Å². The second kappa shape index (κ2) is 17.5. The Morgan fingerprint density at radius 3 is 1.78 bits per heavy atom. The van der Waals surface area contributed by atoms with Crippen LogP contribution in [-0.4, -0.2) is 23.1 Å². The lowest BCUT2D eigenvalue weighted by Gasteiger charge is -2.27. The summed E-state index contributed by atoms with van der Waals surface area (Å²) in [6.45, 7) is 0. The summed E-state index contributed by atoms with van der Waals surface area (Å²) in [6, 6.07) is 80.8. The molecule has 0 spiro atoms. The smallest absolute Gasteiger partial charge is 0.376 e. The molecule has 0 unspecified atom stereocenters. The van der Waals surface area contributed by atoms with E-state index in [4.69, 9.17) is 4.18 Å². The lowest BCUT2D eigenvalue weighted by molar-refractivity contribution is -0.0500. The molecule has 6 nitrogen and oxygen atoms in total. The SMILES string of the molecule is O=S(=O)(Oc1cc(N(c2ccccc2)c2cccc(-c3cccc4c5ccccc5n(-c5ccccc5)c34)c2)c2sc3ccc(-c4ccc5c(c4)c4ccc6ccccc6c4n5-c4ccccc4)cc3c2c1)C(F)(F)F. The molecular formula is C65H40F3N3O3S2. The van der Waals surface area contributed by atoms with E-state index in [0.29, 0.717) is 22.4 Å². The fourth-order valence-electron chi connectivity index (χ4n) is 11.1. The van der Waals surface area contributed by atoms with Gasteiger partial charge < -0.3 is 18.2 Å². The third-order valence-corrected chi connectivity index (χ3v) is 16.6. The molecule has 0 saturated carbocycles. The summed E-state index contributed by atoms with van der Waals surface area (Å²) in [7, 11) is -6.07. The van der Waals surface area contributed by atoms with Crippen LogP contribution in [0, 0.1) is 0 Å². The number of nitrogens with zero attached hydrogens (tertiary/aromatic N) is 3. The highest BCUT2D eigenvalue weighted by molar-refractivity contribution is 7.88. The number of halogens is 3. The number of rotatable bonds is 9. The van der Waals surface area contributed by atoms with Gasteiger partial charge in [-0.3, -0.25) is 0 Å². The monoisotopic (exact) mass is 1030 g/mol. The summed E-state index contributed by atoms with van der Waals surface area (Å²) in [5, 5.41) is 7.88. The van der Waals surface area contributed by atoms with Crippen molar-refractivity contribution in [1.82, 2.24) is 9.13 Å². The van der Waals surface area contributed by atoms with Crippen molar-refractivity contribution in [3.8, 4) is 39.4 Å². The molecule has 76 heavy (non-hydrogen) atoms. The van der Waals surface area contributed by atoms with Gasteiger partial charge in [0.1, 0.15) is 5.75 Å². The average Bonchev–Trinajstić information content (AvgIpc) is 4.21. The van der Waals surface area contributed by atoms with E-state index >= 15 is 0 Å². The van der Waals surface area contributed by atoms with Crippen molar-refractivity contribution >= 4 is 113 Å². The molecule has 0 N–H and O–H groups in total. The van der Waals surface area contributed by atoms with Crippen LogP contribution in [0.1, 0.15) is 0 Å². The molecule has 0 bridgehead atoms. The van der Waals surface area contributed by atoms with Crippen LogP contribution in [-0.2, 0) is 10.1 Å². The highest BCUT2D eigenvalue weighted by Crippen LogP contribution is 2.50. The van der Waals surface area contributed by atoms with Crippen molar-refractivity contribution in [3.63, 3.8) is 0 Å². The van der Waals surface area contributed by atoms with E-state index in [-0.39, 0.29) is 0 Å². The lowest BCUT2D eigenvalue weighted by Crippen LogP contribution is -2.28. The minimum absolute atomic E-state index is 0.440. The minimum atomic E-state index is -6.07. The first-order chi connectivity index (χ1) is 37.1. The number of alkyl halides is 3. The van der Waals surface area contributed by atoms with Crippen molar-refractivity contribution in [2.75, 3.05) is 4.90 Å². The lowest BCUT2D eigenvalue weighted by atomic mass is 9.99. The van der Waals surface area contributed by atoms with Gasteiger partial charge in [-0.1, -0.05) is 152 Å². The molecule has 3 heterocycles. The van der Waals surface area contributed by atoms with Gasteiger partial charge in [0.05, 0.1) is 32.5 Å². The quantitative estimate of drug-likeness (QED) is 0.107. The molecule has 3 aromatic heterocycles. The van der Waals surface area contributed by atoms with Crippen LogP contribution >= 0.6 is 11.3 Å². The summed E-state index contributed by atoms with van der Waals surface area (Å²) < 4.78 is 79.8. The van der Waals surface area contributed by atoms with Crippen molar-refractivity contribution in [1.29, 1.82) is 0 Å². The second-order valence-electron chi connectivity index (χ2n) is 18.8. The van der Waals surface area contributed by atoms with E-state index in [0.717, 1.165) is 103 Å². The first-order valence-electron chi connectivity index (χ1n) is 24.6. The first kappa shape index (κ1) is 45.5. The van der Waals surface area contributed by atoms with Crippen LogP contribution < -0.4 is 9.08 Å². The summed E-state index contributed by atoms with van der Waals surface area (Å²) in [4.78, 5) is 1.96. The number of anilines is 3. The Balaban J connectivity index is 0.971. The van der Waals surface area contributed by atoms with Gasteiger partial charge in [-0.25, -0.2) is 0 Å². The van der Waals surface area contributed by atoms with Crippen molar-refractivity contribution < 1.29 is 25.8 Å². The van der Waals surface area contributed by atoms with E-state index in [1.807, 2.05) is 114 Å². The maximum atomic E-state index is 14.2. The number of fused-ring (bicyclic) bond motifs is 11. The second-order valence-corrected chi connectivity index (χ2v) is 21.4. The van der Waals surface area contributed by atoms with E-state index in [1.54, 1.807) is 0 Å². The standard InChI is InChI=1S/C65H40F3N3O3S2/c66-65(67,68)76(72,73)74-49-39-57-56-38-43(42-31-34-59-55(37-42)54-33-30-41-16-10-11-25-50(41)62(54)71(59)47-22-8-3-9-23-47)32-35-61(56)75-64(57)60(40-49)69(45-18-4-1-5-19-45)48-24-14-17-44(36-48)51-27-15-28-53-52-26-12-13-29-58(52)70(63(51)53)46-20-6-2-7-21-46/h1-40H. The zero-order chi connectivity index (χ0) is 51.3. The minimum Gasteiger partial charge on any atom is -0.376 e. The summed E-state index contributed by atoms with van der Waals surface area (Å²) in [6.07, 6.45) is 0. The van der Waals surface area contributed by atoms with Gasteiger partial charge >= 0.3 is 15.6 Å². The topological polar surface area (TPSA) is 56.5 Å². The molecule has 11 heteroatoms. The molecule has 14 aromatic rings. The Bertz CT molecular complexity index is 4740. The fraction of sp³-hybridized carbons (Fsp3) is 0.0154. The van der Waals surface area contributed by atoms with Gasteiger partial charge in [0, 0.05) is 76.8 Å². The molecule has 0 aliphatic heterocycles. The average molecular weight is 1030 g/mol. The van der Waals surface area contributed by atoms with Crippen LogP contribution in [0.2, 0.25) is 0 Å². The first-order valence-corrected chi connectivity index (χ1v) is 26.9. The zero-order valence-electron chi connectivity index (χ0n) is 40.1. The Kier molecular flexibility index (Phi) is 10.5. The van der Waals surface area contributed by atoms with Gasteiger partial charge in [-0.15, -0.1) is 11.3 Å².